The summed E-state index contributed by atoms with van der Waals surface area (Å²) in [5.41, 5.74) is 5.98. The summed E-state index contributed by atoms with van der Waals surface area (Å²) in [5, 5.41) is 0. The molecular formula is C11H26N2O3S. The summed E-state index contributed by atoms with van der Waals surface area (Å²) in [4.78, 5) is 0. The van der Waals surface area contributed by atoms with Crippen LogP contribution in [0.3, 0.4) is 0 Å². The first-order chi connectivity index (χ1) is 7.66. The molecule has 0 saturated heterocycles. The second-order valence-corrected chi connectivity index (χ2v) is 7.46. The molecule has 6 heteroatoms. The average molecular weight is 266 g/mol. The maximum atomic E-state index is 11.6. The van der Waals surface area contributed by atoms with Gasteiger partial charge in [-0.3, -0.25) is 0 Å². The van der Waals surface area contributed by atoms with Crippen molar-refractivity contribution in [2.75, 3.05) is 26.0 Å². The van der Waals surface area contributed by atoms with Gasteiger partial charge in [-0.2, -0.15) is 0 Å². The zero-order chi connectivity index (χ0) is 13.5. The van der Waals surface area contributed by atoms with E-state index in [0.29, 0.717) is 19.6 Å². The minimum Gasteiger partial charge on any atom is -0.385 e. The Labute approximate surface area is 105 Å². The molecule has 0 rings (SSSR count). The van der Waals surface area contributed by atoms with Crippen molar-refractivity contribution in [1.29, 1.82) is 0 Å². The van der Waals surface area contributed by atoms with Crippen LogP contribution in [0.1, 0.15) is 33.6 Å². The molecule has 0 amide bonds. The topological polar surface area (TPSA) is 81.4 Å². The van der Waals surface area contributed by atoms with Crippen molar-refractivity contribution in [3.8, 4) is 0 Å². The number of ether oxygens (including phenoxy) is 1. The van der Waals surface area contributed by atoms with E-state index in [2.05, 4.69) is 25.5 Å². The van der Waals surface area contributed by atoms with E-state index in [-0.39, 0.29) is 17.2 Å². The Morgan fingerprint density at radius 3 is 2.41 bits per heavy atom. The molecule has 5 nitrogen and oxygen atoms in total. The van der Waals surface area contributed by atoms with E-state index in [1.807, 2.05) is 0 Å². The highest BCUT2D eigenvalue weighted by molar-refractivity contribution is 7.89. The van der Waals surface area contributed by atoms with Crippen molar-refractivity contribution in [3.63, 3.8) is 0 Å². The largest absolute Gasteiger partial charge is 0.385 e. The summed E-state index contributed by atoms with van der Waals surface area (Å²) in [5.74, 6) is 0.0864. The summed E-state index contributed by atoms with van der Waals surface area (Å²) >= 11 is 0. The first-order valence-electron chi connectivity index (χ1n) is 5.88. The smallest absolute Gasteiger partial charge is 0.211 e. The molecule has 0 aromatic rings. The van der Waals surface area contributed by atoms with Gasteiger partial charge in [-0.1, -0.05) is 20.8 Å². The van der Waals surface area contributed by atoms with Crippen LogP contribution < -0.4 is 10.5 Å². The quantitative estimate of drug-likeness (QED) is 0.634. The fourth-order valence-corrected chi connectivity index (χ4v) is 2.67. The van der Waals surface area contributed by atoms with Gasteiger partial charge in [0, 0.05) is 26.3 Å². The molecule has 0 aromatic carbocycles. The lowest BCUT2D eigenvalue weighted by Crippen LogP contribution is -2.40. The summed E-state index contributed by atoms with van der Waals surface area (Å²) in [6, 6.07) is -0.146. The van der Waals surface area contributed by atoms with Crippen LogP contribution in [0.5, 0.6) is 0 Å². The highest BCUT2D eigenvalue weighted by Crippen LogP contribution is 2.19. The number of methoxy groups -OCH3 is 1. The van der Waals surface area contributed by atoms with Crippen molar-refractivity contribution in [1.82, 2.24) is 4.72 Å². The van der Waals surface area contributed by atoms with E-state index in [4.69, 9.17) is 10.5 Å². The Hall–Kier alpha value is -0.170. The van der Waals surface area contributed by atoms with Crippen LogP contribution in [0.25, 0.3) is 0 Å². The fourth-order valence-electron chi connectivity index (χ4n) is 1.56. The van der Waals surface area contributed by atoms with Gasteiger partial charge < -0.3 is 10.5 Å². The van der Waals surface area contributed by atoms with Crippen LogP contribution in [0, 0.1) is 5.41 Å². The molecule has 0 spiro atoms. The van der Waals surface area contributed by atoms with E-state index in [1.165, 1.54) is 0 Å². The van der Waals surface area contributed by atoms with Crippen LogP contribution in [0.2, 0.25) is 0 Å². The number of rotatable bonds is 8. The average Bonchev–Trinajstić information content (AvgIpc) is 2.13. The third-order valence-corrected chi connectivity index (χ3v) is 3.63. The van der Waals surface area contributed by atoms with Gasteiger partial charge in [0.15, 0.2) is 0 Å². The highest BCUT2D eigenvalue weighted by atomic mass is 32.2. The third kappa shape index (κ3) is 10.7. The van der Waals surface area contributed by atoms with Crippen LogP contribution in [-0.2, 0) is 14.8 Å². The van der Waals surface area contributed by atoms with Crippen LogP contribution >= 0.6 is 0 Å². The number of sulfonamides is 1. The maximum absolute atomic E-state index is 11.6. The standard InChI is InChI=1S/C11H26N2O3S/c1-11(2,3)8-10(12)9-13-17(14,15)7-5-6-16-4/h10,13H,5-9,12H2,1-4H3. The molecule has 0 aromatic heterocycles. The molecule has 0 radical (unpaired) electrons. The molecule has 104 valence electrons. The van der Waals surface area contributed by atoms with Gasteiger partial charge in [-0.15, -0.1) is 0 Å². The highest BCUT2D eigenvalue weighted by Gasteiger charge is 2.17. The van der Waals surface area contributed by atoms with Crippen LogP contribution in [0.15, 0.2) is 0 Å². The first-order valence-corrected chi connectivity index (χ1v) is 7.53. The second kappa shape index (κ2) is 7.31. The Morgan fingerprint density at radius 2 is 1.94 bits per heavy atom. The molecule has 0 aliphatic heterocycles. The van der Waals surface area contributed by atoms with Gasteiger partial charge in [0.25, 0.3) is 0 Å². The van der Waals surface area contributed by atoms with E-state index >= 15 is 0 Å². The Kier molecular flexibility index (Phi) is 7.23. The number of nitrogens with one attached hydrogen (secondary N) is 1. The zero-order valence-corrected chi connectivity index (χ0v) is 12.1. The van der Waals surface area contributed by atoms with Gasteiger partial charge in [0.05, 0.1) is 5.75 Å². The lowest BCUT2D eigenvalue weighted by atomic mass is 9.88. The maximum Gasteiger partial charge on any atom is 0.211 e. The van der Waals surface area contributed by atoms with E-state index in [0.717, 1.165) is 6.42 Å². The summed E-state index contributed by atoms with van der Waals surface area (Å²) in [6.45, 7) is 7.00. The van der Waals surface area contributed by atoms with E-state index in [9.17, 15) is 8.42 Å². The molecule has 0 heterocycles. The van der Waals surface area contributed by atoms with Crippen molar-refractivity contribution in [3.05, 3.63) is 0 Å². The molecule has 1 atom stereocenters. The van der Waals surface area contributed by atoms with Crippen LogP contribution in [0.4, 0.5) is 0 Å². The summed E-state index contributed by atoms with van der Waals surface area (Å²) in [7, 11) is -1.66. The molecular weight excluding hydrogens is 240 g/mol. The minimum absolute atomic E-state index is 0.0864. The van der Waals surface area contributed by atoms with Crippen LogP contribution in [-0.4, -0.2) is 40.5 Å². The predicted octanol–water partition coefficient (Wildman–Crippen LogP) is 0.706. The lowest BCUT2D eigenvalue weighted by Gasteiger charge is -2.23. The van der Waals surface area contributed by atoms with Gasteiger partial charge in [0.1, 0.15) is 0 Å². The normalized spacial score (nSPS) is 14.9. The van der Waals surface area contributed by atoms with Gasteiger partial charge in [0.2, 0.25) is 10.0 Å². The molecule has 0 bridgehead atoms. The lowest BCUT2D eigenvalue weighted by molar-refractivity contribution is 0.199. The Bertz CT molecular complexity index is 296. The molecule has 3 N–H and O–H groups in total. The van der Waals surface area contributed by atoms with Crippen molar-refractivity contribution >= 4 is 10.0 Å². The predicted molar refractivity (Wildman–Crippen MR) is 70.3 cm³/mol. The Morgan fingerprint density at radius 1 is 1.35 bits per heavy atom. The second-order valence-electron chi connectivity index (χ2n) is 5.54. The molecule has 17 heavy (non-hydrogen) atoms. The summed E-state index contributed by atoms with van der Waals surface area (Å²) < 4.78 is 30.5. The Balaban J connectivity index is 3.93. The molecule has 0 aliphatic rings. The molecule has 1 unspecified atom stereocenters. The fraction of sp³-hybridized carbons (Fsp3) is 1.00. The number of hydrogen-bond donors (Lipinski definition) is 2. The van der Waals surface area contributed by atoms with Gasteiger partial charge in [-0.05, 0) is 18.3 Å². The molecule has 0 fully saturated rings. The number of nitrogens with two attached hydrogens (primary N) is 1. The van der Waals surface area contributed by atoms with E-state index < -0.39 is 10.0 Å². The van der Waals surface area contributed by atoms with Gasteiger partial charge in [-0.25, -0.2) is 13.1 Å². The first kappa shape index (κ1) is 16.8. The van der Waals surface area contributed by atoms with E-state index in [1.54, 1.807) is 7.11 Å². The minimum atomic E-state index is -3.21. The molecule has 0 aliphatic carbocycles. The zero-order valence-electron chi connectivity index (χ0n) is 11.3. The summed E-state index contributed by atoms with van der Waals surface area (Å²) in [6.07, 6.45) is 1.29. The van der Waals surface area contributed by atoms with Gasteiger partial charge >= 0.3 is 0 Å². The third-order valence-electron chi connectivity index (χ3n) is 2.20. The monoisotopic (exact) mass is 266 g/mol. The number of hydrogen-bond acceptors (Lipinski definition) is 4. The van der Waals surface area contributed by atoms with Crippen molar-refractivity contribution in [2.45, 2.75) is 39.7 Å². The van der Waals surface area contributed by atoms with Crippen molar-refractivity contribution < 1.29 is 13.2 Å². The molecule has 0 saturated carbocycles. The SMILES string of the molecule is COCCCS(=O)(=O)NCC(N)CC(C)(C)C. The van der Waals surface area contributed by atoms with Crippen molar-refractivity contribution in [2.24, 2.45) is 11.1 Å².